The number of nitrogens with zero attached hydrogens (tertiary/aromatic N) is 2. The van der Waals surface area contributed by atoms with Gasteiger partial charge in [-0.1, -0.05) is 25.7 Å². The average molecular weight is 384 g/mol. The molecule has 7 heteroatoms. The zero-order valence-corrected chi connectivity index (χ0v) is 16.3. The van der Waals surface area contributed by atoms with Crippen LogP contribution in [0.25, 0.3) is 0 Å². The molecule has 3 rings (SSSR count). The summed E-state index contributed by atoms with van der Waals surface area (Å²) in [5, 5.41) is 14.3. The first-order valence-electron chi connectivity index (χ1n) is 9.90. The van der Waals surface area contributed by atoms with Crippen LogP contribution in [0.4, 0.5) is 5.82 Å². The van der Waals surface area contributed by atoms with Gasteiger partial charge in [0.25, 0.3) is 5.91 Å². The quantitative estimate of drug-likeness (QED) is 0.536. The highest BCUT2D eigenvalue weighted by molar-refractivity contribution is 5.92. The fraction of sp³-hybridized carbons (Fsp3) is 0.476. The Balaban J connectivity index is 1.40. The summed E-state index contributed by atoms with van der Waals surface area (Å²) in [5.41, 5.74) is 0.351. The third-order valence-corrected chi connectivity index (χ3v) is 4.82. The number of rotatable bonds is 8. The zero-order valence-electron chi connectivity index (χ0n) is 16.3. The molecule has 2 N–H and O–H groups in total. The summed E-state index contributed by atoms with van der Waals surface area (Å²) in [6.07, 6.45) is 6.97. The van der Waals surface area contributed by atoms with Crippen molar-refractivity contribution in [3.05, 3.63) is 42.1 Å². The van der Waals surface area contributed by atoms with Crippen LogP contribution in [0.2, 0.25) is 0 Å². The monoisotopic (exact) mass is 384 g/mol. The van der Waals surface area contributed by atoms with Crippen LogP contribution in [0.1, 0.15) is 49.0 Å². The van der Waals surface area contributed by atoms with E-state index in [4.69, 9.17) is 9.47 Å². The third kappa shape index (κ3) is 6.11. The minimum atomic E-state index is -0.145. The summed E-state index contributed by atoms with van der Waals surface area (Å²) < 4.78 is 10.8. The zero-order chi connectivity index (χ0) is 19.6. The normalized spacial score (nSPS) is 14.8. The van der Waals surface area contributed by atoms with Gasteiger partial charge in [0, 0.05) is 6.04 Å². The summed E-state index contributed by atoms with van der Waals surface area (Å²) in [6.45, 7) is 1.06. The predicted molar refractivity (Wildman–Crippen MR) is 108 cm³/mol. The second-order valence-electron chi connectivity index (χ2n) is 6.92. The Hall–Kier alpha value is -2.83. The highest BCUT2D eigenvalue weighted by Gasteiger charge is 2.16. The van der Waals surface area contributed by atoms with Gasteiger partial charge in [0.05, 0.1) is 13.7 Å². The first kappa shape index (κ1) is 19.9. The Morgan fingerprint density at radius 2 is 1.71 bits per heavy atom. The number of benzene rings is 1. The molecule has 2 aromatic rings. The molecule has 7 nitrogen and oxygen atoms in total. The van der Waals surface area contributed by atoms with Crippen molar-refractivity contribution in [2.24, 2.45) is 0 Å². The standard InChI is InChI=1S/C21H28N4O3/c1-27-17-8-10-18(11-9-17)28-15-14-22-20-13-12-19(24-25-20)21(26)23-16-6-4-2-3-5-7-16/h8-13,16H,2-7,14-15H2,1H3,(H,22,25)(H,23,26). The summed E-state index contributed by atoms with van der Waals surface area (Å²) in [4.78, 5) is 12.3. The first-order chi connectivity index (χ1) is 13.7. The molecular weight excluding hydrogens is 356 g/mol. The lowest BCUT2D eigenvalue weighted by molar-refractivity contribution is 0.0927. The number of methoxy groups -OCH3 is 1. The van der Waals surface area contributed by atoms with Crippen LogP contribution in [-0.2, 0) is 0 Å². The van der Waals surface area contributed by atoms with E-state index in [2.05, 4.69) is 20.8 Å². The summed E-state index contributed by atoms with van der Waals surface area (Å²) in [7, 11) is 1.63. The molecule has 1 aromatic carbocycles. The Bertz CT molecular complexity index is 726. The van der Waals surface area contributed by atoms with E-state index in [0.717, 1.165) is 24.3 Å². The molecule has 1 aliphatic carbocycles. The van der Waals surface area contributed by atoms with Crippen LogP contribution in [0, 0.1) is 0 Å². The molecule has 0 radical (unpaired) electrons. The number of carbonyl (C=O) groups is 1. The van der Waals surface area contributed by atoms with Crippen LogP contribution in [0.5, 0.6) is 11.5 Å². The maximum Gasteiger partial charge on any atom is 0.272 e. The van der Waals surface area contributed by atoms with Crippen molar-refractivity contribution < 1.29 is 14.3 Å². The van der Waals surface area contributed by atoms with E-state index in [-0.39, 0.29) is 11.9 Å². The number of anilines is 1. The number of hydrogen-bond donors (Lipinski definition) is 2. The van der Waals surface area contributed by atoms with Crippen LogP contribution in [0.3, 0.4) is 0 Å². The molecule has 0 bridgehead atoms. The topological polar surface area (TPSA) is 85.4 Å². The number of amides is 1. The molecule has 1 aromatic heterocycles. The van der Waals surface area contributed by atoms with E-state index in [1.165, 1.54) is 25.7 Å². The van der Waals surface area contributed by atoms with Gasteiger partial charge in [-0.15, -0.1) is 10.2 Å². The number of carbonyl (C=O) groups excluding carboxylic acids is 1. The minimum absolute atomic E-state index is 0.145. The van der Waals surface area contributed by atoms with Gasteiger partial charge in [-0.3, -0.25) is 4.79 Å². The molecule has 0 aliphatic heterocycles. The van der Waals surface area contributed by atoms with Crippen molar-refractivity contribution in [1.29, 1.82) is 0 Å². The van der Waals surface area contributed by atoms with Gasteiger partial charge < -0.3 is 20.1 Å². The second kappa shape index (κ2) is 10.5. The van der Waals surface area contributed by atoms with Gasteiger partial charge in [-0.05, 0) is 49.2 Å². The van der Waals surface area contributed by atoms with Gasteiger partial charge in [0.2, 0.25) is 0 Å². The van der Waals surface area contributed by atoms with E-state index in [1.807, 2.05) is 24.3 Å². The van der Waals surface area contributed by atoms with Crippen molar-refractivity contribution in [1.82, 2.24) is 15.5 Å². The highest BCUT2D eigenvalue weighted by atomic mass is 16.5. The fourth-order valence-electron chi connectivity index (χ4n) is 3.25. The lowest BCUT2D eigenvalue weighted by atomic mass is 10.1. The molecule has 150 valence electrons. The molecule has 0 saturated heterocycles. The molecular formula is C21H28N4O3. The molecule has 1 aliphatic rings. The summed E-state index contributed by atoms with van der Waals surface area (Å²) in [6, 6.07) is 11.2. The Kier molecular flexibility index (Phi) is 7.46. The molecule has 0 spiro atoms. The number of aromatic nitrogens is 2. The molecule has 1 amide bonds. The molecule has 1 fully saturated rings. The number of hydrogen-bond acceptors (Lipinski definition) is 6. The maximum atomic E-state index is 12.3. The molecule has 1 heterocycles. The van der Waals surface area contributed by atoms with Crippen LogP contribution >= 0.6 is 0 Å². The van der Waals surface area contributed by atoms with Crippen LogP contribution in [0.15, 0.2) is 36.4 Å². The van der Waals surface area contributed by atoms with Gasteiger partial charge >= 0.3 is 0 Å². The summed E-state index contributed by atoms with van der Waals surface area (Å²) in [5.74, 6) is 2.04. The van der Waals surface area contributed by atoms with Gasteiger partial charge in [0.1, 0.15) is 23.9 Å². The number of nitrogens with one attached hydrogen (secondary N) is 2. The van der Waals surface area contributed by atoms with Crippen molar-refractivity contribution in [2.75, 3.05) is 25.6 Å². The van der Waals surface area contributed by atoms with Crippen LogP contribution < -0.4 is 20.1 Å². The number of ether oxygens (including phenoxy) is 2. The Labute approximate surface area is 165 Å². The van der Waals surface area contributed by atoms with E-state index < -0.39 is 0 Å². The van der Waals surface area contributed by atoms with E-state index in [9.17, 15) is 4.79 Å². The lowest BCUT2D eigenvalue weighted by Crippen LogP contribution is -2.35. The lowest BCUT2D eigenvalue weighted by Gasteiger charge is -2.15. The molecule has 0 atom stereocenters. The molecule has 28 heavy (non-hydrogen) atoms. The second-order valence-corrected chi connectivity index (χ2v) is 6.92. The predicted octanol–water partition coefficient (Wildman–Crippen LogP) is 3.43. The highest BCUT2D eigenvalue weighted by Crippen LogP contribution is 2.18. The van der Waals surface area contributed by atoms with Crippen molar-refractivity contribution in [2.45, 2.75) is 44.6 Å². The molecule has 0 unspecified atom stereocenters. The first-order valence-corrected chi connectivity index (χ1v) is 9.90. The largest absolute Gasteiger partial charge is 0.497 e. The average Bonchev–Trinajstić information content (AvgIpc) is 3.01. The molecule has 1 saturated carbocycles. The Morgan fingerprint density at radius 1 is 1.00 bits per heavy atom. The minimum Gasteiger partial charge on any atom is -0.497 e. The van der Waals surface area contributed by atoms with Crippen molar-refractivity contribution >= 4 is 11.7 Å². The smallest absolute Gasteiger partial charge is 0.272 e. The Morgan fingerprint density at radius 3 is 2.36 bits per heavy atom. The summed E-state index contributed by atoms with van der Waals surface area (Å²) >= 11 is 0. The van der Waals surface area contributed by atoms with Crippen molar-refractivity contribution in [3.63, 3.8) is 0 Å². The van der Waals surface area contributed by atoms with Crippen LogP contribution in [-0.4, -0.2) is 42.4 Å². The third-order valence-electron chi connectivity index (χ3n) is 4.82. The van der Waals surface area contributed by atoms with Gasteiger partial charge in [-0.25, -0.2) is 0 Å². The van der Waals surface area contributed by atoms with E-state index in [1.54, 1.807) is 19.2 Å². The van der Waals surface area contributed by atoms with Crippen molar-refractivity contribution in [3.8, 4) is 11.5 Å². The van der Waals surface area contributed by atoms with E-state index in [0.29, 0.717) is 24.7 Å². The van der Waals surface area contributed by atoms with E-state index >= 15 is 0 Å². The maximum absolute atomic E-state index is 12.3. The van der Waals surface area contributed by atoms with Gasteiger partial charge in [0.15, 0.2) is 5.69 Å². The van der Waals surface area contributed by atoms with Gasteiger partial charge in [-0.2, -0.15) is 0 Å². The SMILES string of the molecule is COc1ccc(OCCNc2ccc(C(=O)NC3CCCCCC3)nn2)cc1. The fourth-order valence-corrected chi connectivity index (χ4v) is 3.25.